The molecule has 0 saturated carbocycles. The van der Waals surface area contributed by atoms with Crippen molar-refractivity contribution in [1.82, 2.24) is 4.98 Å². The molecule has 0 bridgehead atoms. The fraction of sp³-hybridized carbons (Fsp3) is 0.538. The van der Waals surface area contributed by atoms with E-state index in [1.807, 2.05) is 13.8 Å². The van der Waals surface area contributed by atoms with Crippen LogP contribution in [0.15, 0.2) is 16.7 Å². The molecule has 1 atom stereocenters. The van der Waals surface area contributed by atoms with E-state index in [0.29, 0.717) is 17.4 Å². The fourth-order valence-electron chi connectivity index (χ4n) is 2.71. The number of carboxylic acid groups (broad SMARTS) is 1. The van der Waals surface area contributed by atoms with E-state index in [9.17, 15) is 20.0 Å². The Kier molecular flexibility index (Phi) is 4.18. The van der Waals surface area contributed by atoms with Crippen molar-refractivity contribution >= 4 is 33.4 Å². The molecule has 1 aliphatic heterocycles. The lowest BCUT2D eigenvalue weighted by Crippen LogP contribution is -2.39. The summed E-state index contributed by atoms with van der Waals surface area (Å²) in [6.45, 7) is 4.40. The molecule has 7 nitrogen and oxygen atoms in total. The van der Waals surface area contributed by atoms with Crippen molar-refractivity contribution in [2.24, 2.45) is 11.3 Å². The van der Waals surface area contributed by atoms with Gasteiger partial charge in [0.25, 0.3) is 0 Å². The lowest BCUT2D eigenvalue weighted by atomic mass is 9.76. The predicted molar refractivity (Wildman–Crippen MR) is 80.3 cm³/mol. The van der Waals surface area contributed by atoms with E-state index in [1.54, 1.807) is 4.90 Å². The summed E-state index contributed by atoms with van der Waals surface area (Å²) in [5.74, 6) is -0.693. The zero-order chi connectivity index (χ0) is 15.8. The number of hydrogen-bond acceptors (Lipinski definition) is 5. The van der Waals surface area contributed by atoms with Gasteiger partial charge in [-0.1, -0.05) is 13.8 Å². The summed E-state index contributed by atoms with van der Waals surface area (Å²) in [7, 11) is 0. The Morgan fingerprint density at radius 3 is 2.76 bits per heavy atom. The number of rotatable bonds is 4. The molecule has 8 heteroatoms. The van der Waals surface area contributed by atoms with Gasteiger partial charge in [-0.15, -0.1) is 0 Å². The fourth-order valence-corrected chi connectivity index (χ4v) is 3.03. The molecule has 21 heavy (non-hydrogen) atoms. The van der Waals surface area contributed by atoms with Crippen molar-refractivity contribution in [3.63, 3.8) is 0 Å². The molecule has 0 amide bonds. The van der Waals surface area contributed by atoms with E-state index >= 15 is 0 Å². The minimum absolute atomic E-state index is 0.0606. The van der Waals surface area contributed by atoms with Gasteiger partial charge in [0.05, 0.1) is 10.3 Å². The summed E-state index contributed by atoms with van der Waals surface area (Å²) in [4.78, 5) is 28.1. The summed E-state index contributed by atoms with van der Waals surface area (Å²) >= 11 is 3.16. The standard InChI is InChI=1S/C13H16BrN3O4/c1-8(2)13(12(18)19)3-4-16(7-13)11-10(17(20)21)5-9(14)6-15-11/h5-6,8H,3-4,7H2,1-2H3,(H,18,19). The van der Waals surface area contributed by atoms with Crippen LogP contribution < -0.4 is 4.90 Å². The Balaban J connectivity index is 2.38. The smallest absolute Gasteiger partial charge is 0.312 e. The highest BCUT2D eigenvalue weighted by Crippen LogP contribution is 2.41. The molecule has 0 spiro atoms. The third kappa shape index (κ3) is 2.72. The van der Waals surface area contributed by atoms with Gasteiger partial charge in [-0.05, 0) is 28.3 Å². The molecule has 1 N–H and O–H groups in total. The van der Waals surface area contributed by atoms with E-state index < -0.39 is 16.3 Å². The number of aliphatic carboxylic acids is 1. The summed E-state index contributed by atoms with van der Waals surface area (Å²) < 4.78 is 0.519. The summed E-state index contributed by atoms with van der Waals surface area (Å²) in [5.41, 5.74) is -1.00. The Hall–Kier alpha value is -1.70. The predicted octanol–water partition coefficient (Wildman–Crippen LogP) is 2.69. The van der Waals surface area contributed by atoms with Crippen LogP contribution in [0.5, 0.6) is 0 Å². The zero-order valence-corrected chi connectivity index (χ0v) is 13.3. The van der Waals surface area contributed by atoms with Crippen LogP contribution >= 0.6 is 15.9 Å². The van der Waals surface area contributed by atoms with Gasteiger partial charge in [0, 0.05) is 29.8 Å². The quantitative estimate of drug-likeness (QED) is 0.657. The van der Waals surface area contributed by atoms with E-state index in [0.717, 1.165) is 0 Å². The van der Waals surface area contributed by atoms with Crippen LogP contribution in [0, 0.1) is 21.4 Å². The SMILES string of the molecule is CC(C)C1(C(=O)O)CCN(c2ncc(Br)cc2[N+](=O)[O-])C1. The number of nitrogens with zero attached hydrogens (tertiary/aromatic N) is 3. The average molecular weight is 358 g/mol. The molecular weight excluding hydrogens is 342 g/mol. The van der Waals surface area contributed by atoms with Gasteiger partial charge in [0.15, 0.2) is 0 Å². The minimum atomic E-state index is -0.886. The van der Waals surface area contributed by atoms with Crippen molar-refractivity contribution in [2.75, 3.05) is 18.0 Å². The Bertz CT molecular complexity index is 593. The maximum atomic E-state index is 11.6. The first-order valence-corrected chi connectivity index (χ1v) is 7.35. The Labute approximate surface area is 130 Å². The van der Waals surface area contributed by atoms with E-state index in [1.165, 1.54) is 12.3 Å². The van der Waals surface area contributed by atoms with Crippen molar-refractivity contribution in [3.8, 4) is 0 Å². The first-order valence-electron chi connectivity index (χ1n) is 6.56. The molecule has 0 aromatic carbocycles. The number of anilines is 1. The second kappa shape index (κ2) is 5.59. The first-order chi connectivity index (χ1) is 9.78. The number of carbonyl (C=O) groups is 1. The minimum Gasteiger partial charge on any atom is -0.481 e. The maximum Gasteiger partial charge on any atom is 0.312 e. The van der Waals surface area contributed by atoms with Gasteiger partial charge in [-0.2, -0.15) is 0 Å². The Morgan fingerprint density at radius 1 is 1.62 bits per heavy atom. The number of hydrogen-bond donors (Lipinski definition) is 1. The van der Waals surface area contributed by atoms with Gasteiger partial charge >= 0.3 is 11.7 Å². The van der Waals surface area contributed by atoms with Gasteiger partial charge < -0.3 is 10.0 Å². The molecular formula is C13H16BrN3O4. The van der Waals surface area contributed by atoms with Crippen LogP contribution in [0.4, 0.5) is 11.5 Å². The highest BCUT2D eigenvalue weighted by molar-refractivity contribution is 9.10. The van der Waals surface area contributed by atoms with Crippen molar-refractivity contribution in [3.05, 3.63) is 26.9 Å². The highest BCUT2D eigenvalue weighted by atomic mass is 79.9. The molecule has 1 saturated heterocycles. The van der Waals surface area contributed by atoms with Gasteiger partial charge in [0.1, 0.15) is 0 Å². The van der Waals surface area contributed by atoms with E-state index in [2.05, 4.69) is 20.9 Å². The highest BCUT2D eigenvalue weighted by Gasteiger charge is 2.48. The number of nitro groups is 1. The van der Waals surface area contributed by atoms with Crippen LogP contribution in [0.1, 0.15) is 20.3 Å². The van der Waals surface area contributed by atoms with Crippen LogP contribution in [-0.2, 0) is 4.79 Å². The average Bonchev–Trinajstić information content (AvgIpc) is 2.84. The first kappa shape index (κ1) is 15.7. The van der Waals surface area contributed by atoms with Gasteiger partial charge in [0.2, 0.25) is 5.82 Å². The monoisotopic (exact) mass is 357 g/mol. The van der Waals surface area contributed by atoms with Crippen LogP contribution in [0.3, 0.4) is 0 Å². The molecule has 1 aromatic heterocycles. The second-order valence-corrected chi connectivity index (χ2v) is 6.46. The number of pyridine rings is 1. The van der Waals surface area contributed by atoms with Crippen LogP contribution in [0.25, 0.3) is 0 Å². The number of aromatic nitrogens is 1. The number of halogens is 1. The van der Waals surface area contributed by atoms with Gasteiger partial charge in [-0.3, -0.25) is 14.9 Å². The molecule has 0 aliphatic carbocycles. The molecule has 114 valence electrons. The van der Waals surface area contributed by atoms with Crippen LogP contribution in [0.2, 0.25) is 0 Å². The summed E-state index contributed by atoms with van der Waals surface area (Å²) in [6.07, 6.45) is 1.94. The molecule has 1 fully saturated rings. The molecule has 1 aliphatic rings. The van der Waals surface area contributed by atoms with E-state index in [-0.39, 0.29) is 24.0 Å². The molecule has 0 radical (unpaired) electrons. The lowest BCUT2D eigenvalue weighted by molar-refractivity contribution is -0.384. The van der Waals surface area contributed by atoms with Crippen molar-refractivity contribution in [1.29, 1.82) is 0 Å². The molecule has 2 heterocycles. The second-order valence-electron chi connectivity index (χ2n) is 5.54. The summed E-state index contributed by atoms with van der Waals surface area (Å²) in [5, 5.41) is 20.7. The molecule has 1 aromatic rings. The number of carboxylic acids is 1. The lowest BCUT2D eigenvalue weighted by Gasteiger charge is -2.28. The van der Waals surface area contributed by atoms with Crippen molar-refractivity contribution in [2.45, 2.75) is 20.3 Å². The van der Waals surface area contributed by atoms with Gasteiger partial charge in [-0.25, -0.2) is 4.98 Å². The molecule has 1 unspecified atom stereocenters. The topological polar surface area (TPSA) is 96.6 Å². The zero-order valence-electron chi connectivity index (χ0n) is 11.7. The Morgan fingerprint density at radius 2 is 2.29 bits per heavy atom. The van der Waals surface area contributed by atoms with Crippen LogP contribution in [-0.4, -0.2) is 34.1 Å². The largest absolute Gasteiger partial charge is 0.481 e. The summed E-state index contributed by atoms with van der Waals surface area (Å²) in [6, 6.07) is 1.39. The third-order valence-electron chi connectivity index (χ3n) is 4.14. The molecule has 2 rings (SSSR count). The van der Waals surface area contributed by atoms with E-state index in [4.69, 9.17) is 0 Å². The normalized spacial score (nSPS) is 21.8. The maximum absolute atomic E-state index is 11.6. The third-order valence-corrected chi connectivity index (χ3v) is 4.58. The van der Waals surface area contributed by atoms with Crippen molar-refractivity contribution < 1.29 is 14.8 Å².